The molecule has 0 aromatic heterocycles. The van der Waals surface area contributed by atoms with Crippen molar-refractivity contribution in [1.82, 2.24) is 0 Å². The Morgan fingerprint density at radius 3 is 2.91 bits per heavy atom. The van der Waals surface area contributed by atoms with Crippen molar-refractivity contribution in [2.75, 3.05) is 13.7 Å². The molecule has 0 radical (unpaired) electrons. The SMILES string of the molecule is COCCC1(N)C=NN=C1N. The molecular formula is C6H12N4O. The molecule has 0 saturated heterocycles. The second-order valence-corrected chi connectivity index (χ2v) is 2.51. The summed E-state index contributed by atoms with van der Waals surface area (Å²) in [4.78, 5) is 0. The van der Waals surface area contributed by atoms with Gasteiger partial charge in [-0.3, -0.25) is 0 Å². The summed E-state index contributed by atoms with van der Waals surface area (Å²) in [6, 6.07) is 0. The van der Waals surface area contributed by atoms with Gasteiger partial charge in [0.1, 0.15) is 11.4 Å². The normalized spacial score (nSPS) is 29.1. The van der Waals surface area contributed by atoms with Gasteiger partial charge >= 0.3 is 0 Å². The molecule has 1 aliphatic heterocycles. The van der Waals surface area contributed by atoms with E-state index in [4.69, 9.17) is 16.2 Å². The van der Waals surface area contributed by atoms with Crippen molar-refractivity contribution >= 4 is 12.1 Å². The molecule has 5 heteroatoms. The predicted molar refractivity (Wildman–Crippen MR) is 43.5 cm³/mol. The van der Waals surface area contributed by atoms with Gasteiger partial charge in [-0.25, -0.2) is 0 Å². The molecule has 0 aromatic rings. The molecule has 4 N–H and O–H groups in total. The average molecular weight is 156 g/mol. The fourth-order valence-corrected chi connectivity index (χ4v) is 0.817. The van der Waals surface area contributed by atoms with Gasteiger partial charge in [-0.05, 0) is 0 Å². The highest BCUT2D eigenvalue weighted by Crippen LogP contribution is 2.09. The van der Waals surface area contributed by atoms with E-state index in [0.717, 1.165) is 0 Å². The van der Waals surface area contributed by atoms with E-state index >= 15 is 0 Å². The number of amidine groups is 1. The molecule has 0 spiro atoms. The number of hydrogen-bond donors (Lipinski definition) is 2. The third-order valence-corrected chi connectivity index (χ3v) is 1.65. The van der Waals surface area contributed by atoms with Crippen LogP contribution in [0.2, 0.25) is 0 Å². The molecule has 1 atom stereocenters. The number of nitrogens with zero attached hydrogens (tertiary/aromatic N) is 2. The first-order valence-corrected chi connectivity index (χ1v) is 3.35. The number of methoxy groups -OCH3 is 1. The highest BCUT2D eigenvalue weighted by atomic mass is 16.5. The van der Waals surface area contributed by atoms with Crippen LogP contribution in [0.5, 0.6) is 0 Å². The molecule has 0 fully saturated rings. The van der Waals surface area contributed by atoms with Crippen molar-refractivity contribution in [1.29, 1.82) is 0 Å². The van der Waals surface area contributed by atoms with Crippen LogP contribution >= 0.6 is 0 Å². The Labute approximate surface area is 65.1 Å². The minimum absolute atomic E-state index is 0.356. The van der Waals surface area contributed by atoms with Crippen LogP contribution in [0.1, 0.15) is 6.42 Å². The molecule has 1 unspecified atom stereocenters. The number of ether oxygens (including phenoxy) is 1. The lowest BCUT2D eigenvalue weighted by molar-refractivity contribution is 0.189. The van der Waals surface area contributed by atoms with Gasteiger partial charge in [-0.2, -0.15) is 5.10 Å². The summed E-state index contributed by atoms with van der Waals surface area (Å²) in [5, 5.41) is 7.25. The lowest BCUT2D eigenvalue weighted by Gasteiger charge is -2.18. The van der Waals surface area contributed by atoms with Crippen LogP contribution in [-0.4, -0.2) is 31.3 Å². The number of nitrogens with two attached hydrogens (primary N) is 2. The Bertz CT molecular complexity index is 201. The van der Waals surface area contributed by atoms with Crippen LogP contribution in [-0.2, 0) is 4.74 Å². The molecule has 62 valence electrons. The Hall–Kier alpha value is -0.940. The van der Waals surface area contributed by atoms with E-state index in [-0.39, 0.29) is 0 Å². The third-order valence-electron chi connectivity index (χ3n) is 1.65. The predicted octanol–water partition coefficient (Wildman–Crippen LogP) is -0.923. The first-order chi connectivity index (χ1) is 5.19. The van der Waals surface area contributed by atoms with Crippen molar-refractivity contribution in [2.45, 2.75) is 12.0 Å². The topological polar surface area (TPSA) is 86.0 Å². The van der Waals surface area contributed by atoms with Crippen LogP contribution in [0.25, 0.3) is 0 Å². The van der Waals surface area contributed by atoms with Crippen molar-refractivity contribution in [3.05, 3.63) is 0 Å². The maximum atomic E-state index is 5.80. The Balaban J connectivity index is 2.53. The summed E-state index contributed by atoms with van der Waals surface area (Å²) in [5.41, 5.74) is 10.6. The molecule has 1 aliphatic rings. The molecule has 0 saturated carbocycles. The van der Waals surface area contributed by atoms with E-state index in [1.54, 1.807) is 13.3 Å². The maximum absolute atomic E-state index is 5.80. The molecular weight excluding hydrogens is 144 g/mol. The smallest absolute Gasteiger partial charge is 0.148 e. The molecule has 0 bridgehead atoms. The third kappa shape index (κ3) is 1.55. The van der Waals surface area contributed by atoms with Crippen molar-refractivity contribution < 1.29 is 4.74 Å². The monoisotopic (exact) mass is 156 g/mol. The van der Waals surface area contributed by atoms with Gasteiger partial charge in [-0.15, -0.1) is 5.10 Å². The molecule has 0 amide bonds. The van der Waals surface area contributed by atoms with Gasteiger partial charge < -0.3 is 16.2 Å². The van der Waals surface area contributed by atoms with E-state index in [1.165, 1.54) is 0 Å². The number of hydrogen-bond acceptors (Lipinski definition) is 5. The lowest BCUT2D eigenvalue weighted by atomic mass is 9.98. The highest BCUT2D eigenvalue weighted by Gasteiger charge is 2.30. The van der Waals surface area contributed by atoms with Crippen LogP contribution in [0.4, 0.5) is 0 Å². The zero-order valence-corrected chi connectivity index (χ0v) is 6.45. The van der Waals surface area contributed by atoms with Gasteiger partial charge in [0.15, 0.2) is 0 Å². The summed E-state index contributed by atoms with van der Waals surface area (Å²) in [6.45, 7) is 0.554. The van der Waals surface area contributed by atoms with Gasteiger partial charge in [-0.1, -0.05) is 0 Å². The number of rotatable bonds is 3. The quantitative estimate of drug-likeness (QED) is 0.554. The first kappa shape index (κ1) is 8.16. The fraction of sp³-hybridized carbons (Fsp3) is 0.667. The Morgan fingerprint density at radius 2 is 2.45 bits per heavy atom. The summed E-state index contributed by atoms with van der Waals surface area (Å²) >= 11 is 0. The minimum atomic E-state index is -0.685. The summed E-state index contributed by atoms with van der Waals surface area (Å²) in [6.07, 6.45) is 2.16. The lowest BCUT2D eigenvalue weighted by Crippen LogP contribution is -2.52. The zero-order chi connectivity index (χ0) is 8.32. The van der Waals surface area contributed by atoms with E-state index in [9.17, 15) is 0 Å². The standard InChI is InChI=1S/C6H12N4O/c1-11-3-2-6(8)4-9-10-5(6)7/h4H,2-3,8H2,1H3,(H2,7,10). The first-order valence-electron chi connectivity index (χ1n) is 3.35. The second-order valence-electron chi connectivity index (χ2n) is 2.51. The molecule has 0 aliphatic carbocycles. The highest BCUT2D eigenvalue weighted by molar-refractivity contribution is 6.07. The molecule has 5 nitrogen and oxygen atoms in total. The van der Waals surface area contributed by atoms with Crippen LogP contribution in [0.3, 0.4) is 0 Å². The maximum Gasteiger partial charge on any atom is 0.148 e. The van der Waals surface area contributed by atoms with Crippen LogP contribution < -0.4 is 11.5 Å². The van der Waals surface area contributed by atoms with E-state index in [0.29, 0.717) is 18.9 Å². The van der Waals surface area contributed by atoms with Gasteiger partial charge in [0.2, 0.25) is 0 Å². The Kier molecular flexibility index (Phi) is 2.21. The Morgan fingerprint density at radius 1 is 1.73 bits per heavy atom. The van der Waals surface area contributed by atoms with Gasteiger partial charge in [0.05, 0.1) is 6.21 Å². The molecule has 11 heavy (non-hydrogen) atoms. The van der Waals surface area contributed by atoms with Crippen LogP contribution in [0, 0.1) is 0 Å². The minimum Gasteiger partial charge on any atom is -0.385 e. The van der Waals surface area contributed by atoms with E-state index in [2.05, 4.69) is 10.2 Å². The second kappa shape index (κ2) is 2.98. The van der Waals surface area contributed by atoms with E-state index in [1.807, 2.05) is 0 Å². The molecule has 1 rings (SSSR count). The largest absolute Gasteiger partial charge is 0.385 e. The van der Waals surface area contributed by atoms with Crippen molar-refractivity contribution in [3.8, 4) is 0 Å². The van der Waals surface area contributed by atoms with Gasteiger partial charge in [0, 0.05) is 20.1 Å². The van der Waals surface area contributed by atoms with Crippen LogP contribution in [0.15, 0.2) is 10.2 Å². The zero-order valence-electron chi connectivity index (χ0n) is 6.45. The molecule has 1 heterocycles. The fourth-order valence-electron chi connectivity index (χ4n) is 0.817. The van der Waals surface area contributed by atoms with E-state index < -0.39 is 5.54 Å². The van der Waals surface area contributed by atoms with Gasteiger partial charge in [0.25, 0.3) is 0 Å². The summed E-state index contributed by atoms with van der Waals surface area (Å²) in [5.74, 6) is 0.356. The van der Waals surface area contributed by atoms with Crippen molar-refractivity contribution in [2.24, 2.45) is 21.7 Å². The van der Waals surface area contributed by atoms with Crippen molar-refractivity contribution in [3.63, 3.8) is 0 Å². The molecule has 0 aromatic carbocycles. The summed E-state index contributed by atoms with van der Waals surface area (Å²) in [7, 11) is 1.61. The average Bonchev–Trinajstić information content (AvgIpc) is 2.30. The summed E-state index contributed by atoms with van der Waals surface area (Å²) < 4.78 is 4.87.